The molecule has 1 N–H and O–H groups in total. The van der Waals surface area contributed by atoms with Crippen LogP contribution in [0.1, 0.15) is 34.4 Å². The molecule has 0 saturated heterocycles. The van der Waals surface area contributed by atoms with Gasteiger partial charge >= 0.3 is 0 Å². The minimum absolute atomic E-state index is 0.0474. The molecule has 0 bridgehead atoms. The Morgan fingerprint density at radius 2 is 2.20 bits per heavy atom. The van der Waals surface area contributed by atoms with E-state index < -0.39 is 4.92 Å². The number of nitriles is 1. The van der Waals surface area contributed by atoms with E-state index in [9.17, 15) is 15.4 Å². The zero-order valence-electron chi connectivity index (χ0n) is 13.3. The highest BCUT2D eigenvalue weighted by Gasteiger charge is 2.20. The summed E-state index contributed by atoms with van der Waals surface area (Å²) in [6.07, 6.45) is 7.52. The molecule has 3 aromatic rings. The van der Waals surface area contributed by atoms with Crippen LogP contribution >= 0.6 is 11.3 Å². The predicted octanol–water partition coefficient (Wildman–Crippen LogP) is 4.64. The Kier molecular flexibility index (Phi) is 3.82. The van der Waals surface area contributed by atoms with Crippen LogP contribution in [0.3, 0.4) is 0 Å². The third kappa shape index (κ3) is 2.61. The van der Waals surface area contributed by atoms with Crippen molar-refractivity contribution < 1.29 is 4.92 Å². The Labute approximate surface area is 147 Å². The fourth-order valence-electron chi connectivity index (χ4n) is 3.33. The molecule has 2 heterocycles. The predicted molar refractivity (Wildman–Crippen MR) is 97.9 cm³/mol. The van der Waals surface area contributed by atoms with Crippen LogP contribution < -0.4 is 0 Å². The molecule has 25 heavy (non-hydrogen) atoms. The van der Waals surface area contributed by atoms with Gasteiger partial charge in [0.05, 0.1) is 21.4 Å². The summed E-state index contributed by atoms with van der Waals surface area (Å²) in [7, 11) is 0. The van der Waals surface area contributed by atoms with E-state index in [4.69, 9.17) is 0 Å². The van der Waals surface area contributed by atoms with E-state index in [0.29, 0.717) is 27.0 Å². The number of aryl methyl sites for hydroxylation is 1. The SMILES string of the molecule is N#Cc1c(N=Cc2c[nH]c3cccc([N+](=O)[O-])c23)sc2c1CCCC2. The highest BCUT2D eigenvalue weighted by atomic mass is 32.1. The fraction of sp³-hybridized carbons (Fsp3) is 0.222. The van der Waals surface area contributed by atoms with E-state index in [1.165, 1.54) is 10.9 Å². The Morgan fingerprint density at radius 3 is 3.00 bits per heavy atom. The average molecular weight is 350 g/mol. The van der Waals surface area contributed by atoms with Crippen molar-refractivity contribution in [1.29, 1.82) is 5.26 Å². The van der Waals surface area contributed by atoms with Crippen LogP contribution in [0, 0.1) is 21.4 Å². The molecule has 7 heteroatoms. The van der Waals surface area contributed by atoms with Crippen molar-refractivity contribution in [1.82, 2.24) is 4.98 Å². The first-order valence-electron chi connectivity index (χ1n) is 8.02. The molecule has 0 spiro atoms. The van der Waals surface area contributed by atoms with Crippen LogP contribution in [-0.2, 0) is 12.8 Å². The van der Waals surface area contributed by atoms with Crippen LogP contribution in [-0.4, -0.2) is 16.1 Å². The van der Waals surface area contributed by atoms with Gasteiger partial charge in [-0.1, -0.05) is 6.07 Å². The second-order valence-corrected chi connectivity index (χ2v) is 7.05. The molecular weight excluding hydrogens is 336 g/mol. The number of fused-ring (bicyclic) bond motifs is 2. The molecule has 1 aliphatic rings. The molecule has 4 rings (SSSR count). The Hall–Kier alpha value is -2.98. The van der Waals surface area contributed by atoms with Gasteiger partial charge in [-0.15, -0.1) is 11.3 Å². The van der Waals surface area contributed by atoms with Crippen LogP contribution in [0.15, 0.2) is 29.4 Å². The molecule has 2 aromatic heterocycles. The third-order valence-electron chi connectivity index (χ3n) is 4.50. The lowest BCUT2D eigenvalue weighted by Gasteiger charge is -2.09. The lowest BCUT2D eigenvalue weighted by Crippen LogP contribution is -1.99. The Balaban J connectivity index is 1.79. The van der Waals surface area contributed by atoms with Crippen molar-refractivity contribution in [2.75, 3.05) is 0 Å². The number of nitro groups is 1. The summed E-state index contributed by atoms with van der Waals surface area (Å²) in [4.78, 5) is 19.7. The van der Waals surface area contributed by atoms with E-state index >= 15 is 0 Å². The molecule has 0 amide bonds. The van der Waals surface area contributed by atoms with E-state index in [2.05, 4.69) is 16.0 Å². The van der Waals surface area contributed by atoms with Gasteiger partial charge in [-0.2, -0.15) is 5.26 Å². The van der Waals surface area contributed by atoms with Gasteiger partial charge in [-0.25, -0.2) is 4.99 Å². The van der Waals surface area contributed by atoms with Gasteiger partial charge in [0, 0.05) is 28.9 Å². The van der Waals surface area contributed by atoms with E-state index in [1.54, 1.807) is 35.9 Å². The molecule has 0 atom stereocenters. The number of nitrogens with one attached hydrogen (secondary N) is 1. The zero-order valence-corrected chi connectivity index (χ0v) is 14.1. The second kappa shape index (κ2) is 6.15. The smallest absolute Gasteiger partial charge is 0.279 e. The zero-order chi connectivity index (χ0) is 17.4. The molecule has 0 aliphatic heterocycles. The van der Waals surface area contributed by atoms with Crippen LogP contribution in [0.25, 0.3) is 10.9 Å². The number of nitrogens with zero attached hydrogens (tertiary/aromatic N) is 3. The number of hydrogen-bond acceptors (Lipinski definition) is 5. The summed E-state index contributed by atoms with van der Waals surface area (Å²) < 4.78 is 0. The fourth-order valence-corrected chi connectivity index (χ4v) is 4.51. The van der Waals surface area contributed by atoms with Crippen LogP contribution in [0.2, 0.25) is 0 Å². The lowest BCUT2D eigenvalue weighted by molar-refractivity contribution is -0.383. The first-order chi connectivity index (χ1) is 12.2. The number of benzene rings is 1. The topological polar surface area (TPSA) is 95.1 Å². The quantitative estimate of drug-likeness (QED) is 0.423. The summed E-state index contributed by atoms with van der Waals surface area (Å²) >= 11 is 1.56. The molecule has 0 saturated carbocycles. The number of H-pyrrole nitrogens is 1. The average Bonchev–Trinajstić information content (AvgIpc) is 3.20. The molecule has 0 unspecified atom stereocenters. The maximum atomic E-state index is 11.3. The highest BCUT2D eigenvalue weighted by Crippen LogP contribution is 2.39. The largest absolute Gasteiger partial charge is 0.360 e. The summed E-state index contributed by atoms with van der Waals surface area (Å²) in [6, 6.07) is 7.21. The summed E-state index contributed by atoms with van der Waals surface area (Å²) in [5.74, 6) is 0. The minimum Gasteiger partial charge on any atom is -0.360 e. The number of hydrogen-bond donors (Lipinski definition) is 1. The van der Waals surface area contributed by atoms with Gasteiger partial charge in [-0.05, 0) is 37.3 Å². The first-order valence-corrected chi connectivity index (χ1v) is 8.84. The van der Waals surface area contributed by atoms with E-state index in [1.807, 2.05) is 0 Å². The van der Waals surface area contributed by atoms with Gasteiger partial charge in [0.25, 0.3) is 5.69 Å². The number of nitro benzene ring substituents is 1. The first kappa shape index (κ1) is 15.5. The van der Waals surface area contributed by atoms with Crippen molar-refractivity contribution >= 4 is 39.1 Å². The number of thiophene rings is 1. The summed E-state index contributed by atoms with van der Waals surface area (Å²) in [5, 5.41) is 22.0. The molecule has 124 valence electrons. The number of aromatic nitrogens is 1. The number of non-ortho nitro benzene ring substituents is 1. The van der Waals surface area contributed by atoms with Gasteiger partial charge in [0.15, 0.2) is 0 Å². The normalized spacial score (nSPS) is 13.9. The van der Waals surface area contributed by atoms with Crippen LogP contribution in [0.4, 0.5) is 10.7 Å². The van der Waals surface area contributed by atoms with Crippen molar-refractivity contribution in [3.63, 3.8) is 0 Å². The van der Waals surface area contributed by atoms with Gasteiger partial charge in [0.1, 0.15) is 11.1 Å². The molecule has 1 aromatic carbocycles. The number of aliphatic imine (C=N–C) groups is 1. The van der Waals surface area contributed by atoms with Crippen molar-refractivity contribution in [3.05, 3.63) is 56.1 Å². The lowest BCUT2D eigenvalue weighted by atomic mass is 9.96. The maximum Gasteiger partial charge on any atom is 0.279 e. The summed E-state index contributed by atoms with van der Waals surface area (Å²) in [5.41, 5.74) is 3.19. The Morgan fingerprint density at radius 1 is 1.36 bits per heavy atom. The van der Waals surface area contributed by atoms with Gasteiger partial charge in [0.2, 0.25) is 0 Å². The molecule has 1 aliphatic carbocycles. The van der Waals surface area contributed by atoms with E-state index in [-0.39, 0.29) is 5.69 Å². The van der Waals surface area contributed by atoms with Crippen molar-refractivity contribution in [2.24, 2.45) is 4.99 Å². The van der Waals surface area contributed by atoms with Gasteiger partial charge < -0.3 is 4.98 Å². The number of rotatable bonds is 3. The van der Waals surface area contributed by atoms with Crippen molar-refractivity contribution in [3.8, 4) is 6.07 Å². The highest BCUT2D eigenvalue weighted by molar-refractivity contribution is 7.16. The Bertz CT molecular complexity index is 1060. The standard InChI is InChI=1S/C18H14N4O2S/c19-8-13-12-4-1-2-7-16(12)25-18(13)21-10-11-9-20-14-5-3-6-15(17(11)14)22(23)24/h3,5-6,9-10,20H,1-2,4,7H2. The maximum absolute atomic E-state index is 11.3. The molecule has 0 fully saturated rings. The summed E-state index contributed by atoms with van der Waals surface area (Å²) in [6.45, 7) is 0. The van der Waals surface area contributed by atoms with Crippen LogP contribution in [0.5, 0.6) is 0 Å². The third-order valence-corrected chi connectivity index (χ3v) is 5.70. The second-order valence-electron chi connectivity index (χ2n) is 5.96. The molecule has 6 nitrogen and oxygen atoms in total. The minimum atomic E-state index is -0.391. The van der Waals surface area contributed by atoms with Gasteiger partial charge in [-0.3, -0.25) is 10.1 Å². The number of aromatic amines is 1. The van der Waals surface area contributed by atoms with E-state index in [0.717, 1.165) is 31.2 Å². The van der Waals surface area contributed by atoms with Crippen molar-refractivity contribution in [2.45, 2.75) is 25.7 Å². The molecular formula is C18H14N4O2S. The monoisotopic (exact) mass is 350 g/mol. The molecule has 0 radical (unpaired) electrons.